The summed E-state index contributed by atoms with van der Waals surface area (Å²) >= 11 is 0. The largest absolute Gasteiger partial charge is 0.323 e. The summed E-state index contributed by atoms with van der Waals surface area (Å²) in [7, 11) is 0. The van der Waals surface area contributed by atoms with Gasteiger partial charge in [-0.2, -0.15) is 5.26 Å². The van der Waals surface area contributed by atoms with Gasteiger partial charge in [-0.25, -0.2) is 0 Å². The first kappa shape index (κ1) is 7.58. The molecule has 0 saturated carbocycles. The predicted molar refractivity (Wildman–Crippen MR) is 43.7 cm³/mol. The van der Waals surface area contributed by atoms with Gasteiger partial charge in [0.1, 0.15) is 6.07 Å². The second-order valence-electron chi connectivity index (χ2n) is 2.31. The molecular weight excluding hydrogens is 138 g/mol. The van der Waals surface area contributed by atoms with Gasteiger partial charge in [0.25, 0.3) is 0 Å². The summed E-state index contributed by atoms with van der Waals surface area (Å²) in [6, 6.07) is 7.52. The molecule has 1 aromatic rings. The topological polar surface area (TPSA) is 61.8 Å². The fourth-order valence-electron chi connectivity index (χ4n) is 0.876. The van der Waals surface area contributed by atoms with Crippen molar-refractivity contribution >= 4 is 5.69 Å². The van der Waals surface area contributed by atoms with Crippen LogP contribution in [0.2, 0.25) is 0 Å². The van der Waals surface area contributed by atoms with Crippen molar-refractivity contribution < 1.29 is 0 Å². The Morgan fingerprint density at radius 3 is 2.82 bits per heavy atom. The molecule has 3 N–H and O–H groups in total. The van der Waals surface area contributed by atoms with E-state index >= 15 is 0 Å². The van der Waals surface area contributed by atoms with Crippen LogP contribution in [0.4, 0.5) is 5.69 Å². The molecule has 0 radical (unpaired) electrons. The zero-order valence-electron chi connectivity index (χ0n) is 6.26. The molecule has 1 aromatic carbocycles. The lowest BCUT2D eigenvalue weighted by Gasteiger charge is -2.01. The second kappa shape index (κ2) is 3.04. The maximum absolute atomic E-state index is 8.63. The summed E-state index contributed by atoms with van der Waals surface area (Å²) in [5, 5.41) is 8.63. The minimum Gasteiger partial charge on any atom is -0.323 e. The Hall–Kier alpha value is -1.53. The number of hydrazine groups is 1. The van der Waals surface area contributed by atoms with E-state index in [0.717, 1.165) is 5.56 Å². The zero-order valence-corrected chi connectivity index (χ0v) is 6.26. The summed E-state index contributed by atoms with van der Waals surface area (Å²) in [5.74, 6) is 5.18. The molecule has 0 bridgehead atoms. The van der Waals surface area contributed by atoms with E-state index in [0.29, 0.717) is 11.3 Å². The van der Waals surface area contributed by atoms with Crippen molar-refractivity contribution in [2.24, 2.45) is 5.84 Å². The maximum Gasteiger partial charge on any atom is 0.101 e. The molecule has 0 amide bonds. The van der Waals surface area contributed by atoms with Gasteiger partial charge < -0.3 is 5.43 Å². The molecule has 3 heteroatoms. The van der Waals surface area contributed by atoms with Crippen molar-refractivity contribution in [1.82, 2.24) is 0 Å². The first-order chi connectivity index (χ1) is 5.27. The molecule has 0 aliphatic carbocycles. The third kappa shape index (κ3) is 1.48. The monoisotopic (exact) mass is 147 g/mol. The Morgan fingerprint density at radius 2 is 2.27 bits per heavy atom. The Bertz CT molecular complexity index is 299. The molecule has 0 aliphatic rings. The van der Waals surface area contributed by atoms with Crippen LogP contribution >= 0.6 is 0 Å². The molecule has 0 atom stereocenters. The number of hydrogen-bond acceptors (Lipinski definition) is 3. The van der Waals surface area contributed by atoms with Crippen LogP contribution in [0.3, 0.4) is 0 Å². The molecule has 0 aromatic heterocycles. The van der Waals surface area contributed by atoms with Gasteiger partial charge in [-0.05, 0) is 24.6 Å². The molecule has 11 heavy (non-hydrogen) atoms. The number of nitrogen functional groups attached to an aromatic ring is 1. The molecule has 0 saturated heterocycles. The fourth-order valence-corrected chi connectivity index (χ4v) is 0.876. The normalized spacial score (nSPS) is 8.82. The average Bonchev–Trinajstić information content (AvgIpc) is 2.04. The van der Waals surface area contributed by atoms with Gasteiger partial charge in [-0.15, -0.1) is 0 Å². The van der Waals surface area contributed by atoms with Crippen LogP contribution in [0.15, 0.2) is 18.2 Å². The highest BCUT2D eigenvalue weighted by atomic mass is 15.2. The Balaban J connectivity index is 3.19. The van der Waals surface area contributed by atoms with Gasteiger partial charge in [0, 0.05) is 0 Å². The van der Waals surface area contributed by atoms with Crippen molar-refractivity contribution in [3.8, 4) is 6.07 Å². The first-order valence-electron chi connectivity index (χ1n) is 3.25. The van der Waals surface area contributed by atoms with Gasteiger partial charge in [-0.1, -0.05) is 6.07 Å². The Kier molecular flexibility index (Phi) is 2.09. The van der Waals surface area contributed by atoms with Crippen LogP contribution in [0.5, 0.6) is 0 Å². The molecule has 0 fully saturated rings. The third-order valence-corrected chi connectivity index (χ3v) is 1.45. The number of hydrogen-bond donors (Lipinski definition) is 2. The van der Waals surface area contributed by atoms with E-state index in [2.05, 4.69) is 5.43 Å². The van der Waals surface area contributed by atoms with Crippen LogP contribution < -0.4 is 11.3 Å². The summed E-state index contributed by atoms with van der Waals surface area (Å²) in [6.45, 7) is 1.93. The van der Waals surface area contributed by atoms with Crippen molar-refractivity contribution in [2.75, 3.05) is 5.43 Å². The number of nitrogens with zero attached hydrogens (tertiary/aromatic N) is 1. The van der Waals surface area contributed by atoms with Gasteiger partial charge >= 0.3 is 0 Å². The molecule has 0 spiro atoms. The summed E-state index contributed by atoms with van der Waals surface area (Å²) in [5.41, 5.74) is 4.75. The van der Waals surface area contributed by atoms with Crippen LogP contribution in [0.25, 0.3) is 0 Å². The van der Waals surface area contributed by atoms with Gasteiger partial charge in [0.2, 0.25) is 0 Å². The van der Waals surface area contributed by atoms with Crippen molar-refractivity contribution in [3.63, 3.8) is 0 Å². The number of benzene rings is 1. The Morgan fingerprint density at radius 1 is 1.55 bits per heavy atom. The molecule has 0 aliphatic heterocycles. The number of nitrogens with two attached hydrogens (primary N) is 1. The van der Waals surface area contributed by atoms with Crippen LogP contribution in [0.1, 0.15) is 11.1 Å². The number of nitriles is 1. The van der Waals surface area contributed by atoms with Gasteiger partial charge in [0.05, 0.1) is 11.3 Å². The Labute approximate surface area is 65.4 Å². The quantitative estimate of drug-likeness (QED) is 0.462. The summed E-state index contributed by atoms with van der Waals surface area (Å²) in [4.78, 5) is 0. The number of rotatable bonds is 1. The third-order valence-electron chi connectivity index (χ3n) is 1.45. The van der Waals surface area contributed by atoms with E-state index in [-0.39, 0.29) is 0 Å². The summed E-state index contributed by atoms with van der Waals surface area (Å²) < 4.78 is 0. The molecule has 56 valence electrons. The molecule has 1 rings (SSSR count). The van der Waals surface area contributed by atoms with Crippen LogP contribution in [0, 0.1) is 18.3 Å². The maximum atomic E-state index is 8.63. The highest BCUT2D eigenvalue weighted by molar-refractivity contribution is 5.57. The first-order valence-corrected chi connectivity index (χ1v) is 3.25. The standard InChI is InChI=1S/C8H9N3/c1-6-2-3-8(11-10)7(4-6)5-9/h2-4,11H,10H2,1H3. The van der Waals surface area contributed by atoms with Crippen molar-refractivity contribution in [1.29, 1.82) is 5.26 Å². The molecule has 3 nitrogen and oxygen atoms in total. The lowest BCUT2D eigenvalue weighted by molar-refractivity contribution is 1.32. The number of nitrogens with one attached hydrogen (secondary N) is 1. The lowest BCUT2D eigenvalue weighted by atomic mass is 10.1. The number of aryl methyl sites for hydroxylation is 1. The van der Waals surface area contributed by atoms with Gasteiger partial charge in [0.15, 0.2) is 0 Å². The smallest absolute Gasteiger partial charge is 0.101 e. The highest BCUT2D eigenvalue weighted by Gasteiger charge is 1.98. The van der Waals surface area contributed by atoms with E-state index < -0.39 is 0 Å². The predicted octanol–water partition coefficient (Wildman–Crippen LogP) is 1.15. The minimum atomic E-state index is 0.576. The van der Waals surface area contributed by atoms with Crippen LogP contribution in [-0.2, 0) is 0 Å². The molecular formula is C8H9N3. The number of anilines is 1. The van der Waals surface area contributed by atoms with E-state index in [1.165, 1.54) is 0 Å². The molecule has 0 unspecified atom stereocenters. The van der Waals surface area contributed by atoms with E-state index in [1.807, 2.05) is 19.1 Å². The van der Waals surface area contributed by atoms with E-state index in [4.69, 9.17) is 11.1 Å². The van der Waals surface area contributed by atoms with Gasteiger partial charge in [-0.3, -0.25) is 5.84 Å². The summed E-state index contributed by atoms with van der Waals surface area (Å²) in [6.07, 6.45) is 0. The van der Waals surface area contributed by atoms with E-state index in [9.17, 15) is 0 Å². The van der Waals surface area contributed by atoms with Crippen molar-refractivity contribution in [3.05, 3.63) is 29.3 Å². The highest BCUT2D eigenvalue weighted by Crippen LogP contribution is 2.14. The minimum absolute atomic E-state index is 0.576. The van der Waals surface area contributed by atoms with Crippen molar-refractivity contribution in [2.45, 2.75) is 6.92 Å². The molecule has 0 heterocycles. The fraction of sp³-hybridized carbons (Fsp3) is 0.125. The lowest BCUT2D eigenvalue weighted by Crippen LogP contribution is -2.08. The van der Waals surface area contributed by atoms with E-state index in [1.54, 1.807) is 12.1 Å². The second-order valence-corrected chi connectivity index (χ2v) is 2.31. The average molecular weight is 147 g/mol. The SMILES string of the molecule is Cc1ccc(NN)c(C#N)c1. The zero-order chi connectivity index (χ0) is 8.27. The van der Waals surface area contributed by atoms with Crippen LogP contribution in [-0.4, -0.2) is 0 Å².